The van der Waals surface area contributed by atoms with Crippen LogP contribution in [0.4, 0.5) is 49.9 Å². The Morgan fingerprint density at radius 1 is 0.493 bits per heavy atom. The van der Waals surface area contributed by atoms with Gasteiger partial charge in [-0.15, -0.1) is 24.8 Å². The molecule has 0 saturated carbocycles. The van der Waals surface area contributed by atoms with Crippen LogP contribution in [0.15, 0.2) is 196 Å². The number of nitrogens with two attached hydrogens (primary N) is 1. The molecule has 0 aliphatic carbocycles. The summed E-state index contributed by atoms with van der Waals surface area (Å²) in [6.07, 6.45) is -3.70. The number of hydrogen-bond acceptors (Lipinski definition) is 29. The van der Waals surface area contributed by atoms with Gasteiger partial charge in [0.05, 0.1) is 31.2 Å². The second kappa shape index (κ2) is 54.4. The number of anilines is 4. The Bertz CT molecular complexity index is 7090. The molecule has 55 heteroatoms. The molecule has 142 heavy (non-hydrogen) atoms. The minimum Gasteiger partial charge on any atom is -0.480 e. The zero-order valence-electron chi connectivity index (χ0n) is 75.2. The number of ketones is 1. The lowest BCUT2D eigenvalue weighted by atomic mass is 10.0. The number of nitrogens with one attached hydrogen (secondary N) is 4. The number of fused-ring (bicyclic) bond motifs is 5. The van der Waals surface area contributed by atoms with E-state index in [4.69, 9.17) is 24.9 Å². The van der Waals surface area contributed by atoms with Crippen molar-refractivity contribution in [1.29, 1.82) is 0 Å². The van der Waals surface area contributed by atoms with E-state index in [1.165, 1.54) is 120 Å². The van der Waals surface area contributed by atoms with Gasteiger partial charge >= 0.3 is 18.2 Å². The van der Waals surface area contributed by atoms with Crippen molar-refractivity contribution in [3.63, 3.8) is 0 Å². The van der Waals surface area contributed by atoms with Gasteiger partial charge in [0.15, 0.2) is 5.78 Å². The van der Waals surface area contributed by atoms with Crippen LogP contribution in [0.5, 0.6) is 0 Å². The fourth-order valence-corrected chi connectivity index (χ4v) is 17.5. The van der Waals surface area contributed by atoms with E-state index in [0.717, 1.165) is 34.7 Å². The zero-order chi connectivity index (χ0) is 103. The van der Waals surface area contributed by atoms with Gasteiger partial charge in [-0.1, -0.05) is 86.3 Å². The average Bonchev–Trinajstić information content (AvgIpc) is 1.61. The van der Waals surface area contributed by atoms with E-state index >= 15 is 0 Å². The van der Waals surface area contributed by atoms with Crippen LogP contribution in [0.3, 0.4) is 0 Å². The highest BCUT2D eigenvalue weighted by Crippen LogP contribution is 2.35. The number of aromatic nitrogens is 4. The monoisotopic (exact) mass is 2270 g/mol. The maximum absolute atomic E-state index is 14.6. The molecule has 6 heterocycles. The van der Waals surface area contributed by atoms with E-state index in [0.29, 0.717) is 71.8 Å². The van der Waals surface area contributed by atoms with E-state index < -0.39 is 136 Å². The van der Waals surface area contributed by atoms with Gasteiger partial charge in [-0.3, -0.25) is 56.7 Å². The molecule has 9 aromatic carbocycles. The number of carbonyl (C=O) groups is 8. The van der Waals surface area contributed by atoms with E-state index in [-0.39, 0.29) is 152 Å². The number of rotatable bonds is 15. The number of aliphatic carboxylic acids is 1. The Kier molecular flexibility index (Phi) is 47.7. The van der Waals surface area contributed by atoms with Gasteiger partial charge in [0, 0.05) is 201 Å². The normalized spacial score (nSPS) is 17.3. The molecule has 770 valence electrons. The van der Waals surface area contributed by atoms with E-state index in [1.807, 2.05) is 0 Å². The second-order valence-corrected chi connectivity index (χ2v) is 43.6. The van der Waals surface area contributed by atoms with Crippen molar-refractivity contribution in [1.82, 2.24) is 39.8 Å². The summed E-state index contributed by atoms with van der Waals surface area (Å²) in [5.41, 5.74) is 7.92. The topological polar surface area (TPSA) is 520 Å². The number of ether oxygens (including phenoxy) is 2. The smallest absolute Gasteiger partial charge is 0.411 e. The minimum atomic E-state index is -4.46. The summed E-state index contributed by atoms with van der Waals surface area (Å²) in [6, 6.07) is 37.6. The molecular formula is C87H98Cl2F4N12O23S14. The van der Waals surface area contributed by atoms with Crippen molar-refractivity contribution in [2.45, 2.75) is 175 Å². The molecule has 35 nitrogen and oxygen atoms in total. The lowest BCUT2D eigenvalue weighted by Crippen LogP contribution is -2.45. The maximum atomic E-state index is 14.6. The highest BCUT2D eigenvalue weighted by molar-refractivity contribution is 8.51. The lowest BCUT2D eigenvalue weighted by Gasteiger charge is -2.27. The summed E-state index contributed by atoms with van der Waals surface area (Å²) in [5, 5.41) is 28.1. The molecule has 11 aromatic rings. The number of hydrogen-bond donors (Lipinski definition) is 10. The van der Waals surface area contributed by atoms with Crippen LogP contribution in [0.25, 0.3) is 65.1 Å². The van der Waals surface area contributed by atoms with Gasteiger partial charge in [0.25, 0.3) is 40.5 Å². The molecule has 11 N–H and O–H groups in total. The molecule has 4 fully saturated rings. The SMILES string of the molecule is C.CC(=O)c1nn(CC(=O)N2C[C@H](F)C[C@H]2C(=O)Nc2ccc3c(S(=O)(=O)O)cccc3c2)c2ccc(-c3cnc(C)nc3)cc12.CC(C)(C)OC(=O)N1C[C@H](F)C[C@H]1C(=O)Nc1ccc2c(S(=O)(=O)O)cccc2c1.CC(C)(C)OC(=O)N1C[C@H](F)C[C@H]1C(=O)O.Cl.Cl.Nc1ccc2c(S(=O)(=O)O)cccc2c1.O=C(Nc1ccc2c(S(=O)(=O)O)cccc2c1)[C@@H]1C[C@@H](F)CN1.S.S=S.S=S=S.S=S=S=S. The summed E-state index contributed by atoms with van der Waals surface area (Å²) < 4.78 is 195. The quantitative estimate of drug-likeness (QED) is 0.0197. The zero-order valence-corrected chi connectivity index (χ0v) is 88.4. The molecule has 4 aliphatic heterocycles. The van der Waals surface area contributed by atoms with Crippen molar-refractivity contribution in [2.75, 3.05) is 47.9 Å². The molecular weight excluding hydrogens is 2180 g/mol. The average molecular weight is 2280 g/mol. The molecule has 0 bridgehead atoms. The number of aryl methyl sites for hydroxylation is 1. The van der Waals surface area contributed by atoms with E-state index in [1.54, 1.807) is 134 Å². The number of carboxylic acid groups (broad SMARTS) is 1. The van der Waals surface area contributed by atoms with Crippen LogP contribution < -0.4 is 27.0 Å². The highest BCUT2D eigenvalue weighted by atomic mass is 35.5. The first kappa shape index (κ1) is 124. The Morgan fingerprint density at radius 3 is 1.20 bits per heavy atom. The Hall–Kier alpha value is -9.84. The number of nitrogens with zero attached hydrogens (tertiary/aromatic N) is 7. The molecule has 0 radical (unpaired) electrons. The summed E-state index contributed by atoms with van der Waals surface area (Å²) in [6.45, 7) is 12.3. The van der Waals surface area contributed by atoms with Crippen LogP contribution >= 0.6 is 38.3 Å². The molecule has 4 aliphatic rings. The predicted molar refractivity (Wildman–Crippen MR) is 565 cm³/mol. The number of halogens is 6. The molecule has 8 atom stereocenters. The van der Waals surface area contributed by atoms with Gasteiger partial charge in [0.1, 0.15) is 91.7 Å². The molecule has 4 saturated heterocycles. The predicted octanol–water partition coefficient (Wildman–Crippen LogP) is 13.7. The number of alkyl halides is 4. The van der Waals surface area contributed by atoms with Gasteiger partial charge < -0.3 is 46.5 Å². The Labute approximate surface area is 872 Å². The Morgan fingerprint density at radius 2 is 0.845 bits per heavy atom. The third-order valence-electron chi connectivity index (χ3n) is 20.4. The van der Waals surface area contributed by atoms with Gasteiger partial charge in [-0.25, -0.2) is 41.9 Å². The van der Waals surface area contributed by atoms with Crippen LogP contribution in [-0.2, 0) is 174 Å². The van der Waals surface area contributed by atoms with Gasteiger partial charge in [-0.05, 0) is 161 Å². The van der Waals surface area contributed by atoms with Gasteiger partial charge in [-0.2, -0.15) is 52.3 Å². The number of carboxylic acids is 1. The minimum absolute atomic E-state index is 0. The number of amides is 6. The number of carbonyl (C=O) groups excluding carboxylic acids is 7. The summed E-state index contributed by atoms with van der Waals surface area (Å²) in [5.74, 6) is -2.97. The second-order valence-electron chi connectivity index (χ2n) is 32.7. The van der Waals surface area contributed by atoms with Crippen LogP contribution in [0.1, 0.15) is 97.9 Å². The van der Waals surface area contributed by atoms with Crippen LogP contribution in [0, 0.1) is 6.92 Å². The first-order chi connectivity index (χ1) is 64.6. The largest absolute Gasteiger partial charge is 0.480 e. The van der Waals surface area contributed by atoms with Crippen molar-refractivity contribution in [3.8, 4) is 11.1 Å². The van der Waals surface area contributed by atoms with Gasteiger partial charge in [0.2, 0.25) is 23.6 Å². The van der Waals surface area contributed by atoms with E-state index in [2.05, 4.69) is 103 Å². The standard InChI is InChI=1S/C31H27FN6O6S.C20H23FN2O6S.C15H15FN2O4S.C10H16FNO4.C10H9NO3S.CH4.2ClH.S4.S3.S2.H2S/c1-17(39)30-25-11-19(21-13-33-18(2)34-14-21)6-9-26(25)38(36-30)16-29(40)37-15-22(32)12-27(37)31(41)35-23-7-8-24-20(10-23)4-3-5-28(24)45(42,43)44;1-20(2,3)29-19(25)23-11-13(21)10-16(23)18(24)22-14-7-8-15-12(9-14)5-4-6-17(15)30(26,27)28;16-10-7-13(17-8-10)15(19)18-11-4-5-12-9(6-11)2-1-3-14(12)23(20,21)22;1-10(2,3)16-9(15)12-5-6(11)4-7(12)8(13)14;11-8-4-5-9-7(6-8)2-1-3-10(9)15(12,13)14;;;;1-3-4-2;1-3-2;1-2;/h3-11,13-14,22,27H,12,15-16H2,1-2H3,(H,35,41)(H,42,43,44);4-9,13,16H,10-11H2,1-3H3,(H,22,24)(H,26,27,28);1-6,10,13,17H,7-8H2,(H,18,19)(H,20,21,22);6-7H,4-5H2,1-3H3,(H,13,14);1-6H,11H2,(H,12,13,14);1H4;2*1H;;;;1H2/t22-,27+;13-,16+;10-,13+;6-,7+;;;;;;;;/m1111......../s1. The molecule has 0 spiro atoms. The van der Waals surface area contributed by atoms with E-state index in [9.17, 15) is 103 Å². The summed E-state index contributed by atoms with van der Waals surface area (Å²) in [7, 11) is -14.1. The third kappa shape index (κ3) is 35.0. The summed E-state index contributed by atoms with van der Waals surface area (Å²) >= 11 is 24.2. The van der Waals surface area contributed by atoms with Crippen molar-refractivity contribution in [2.24, 2.45) is 0 Å². The fraction of sp³-hybridized carbons (Fsp3) is 0.322. The first-order valence-corrected chi connectivity index (χ1v) is 54.3. The number of nitrogen functional groups attached to an aromatic ring is 1. The third-order valence-corrected chi connectivity index (χ3v) is 26.3. The molecule has 2 aromatic heterocycles. The molecule has 6 amide bonds. The first-order valence-electron chi connectivity index (χ1n) is 40.6. The number of benzene rings is 9. The number of likely N-dealkylation sites (tertiary alicyclic amines) is 3. The Balaban J connectivity index is 0.000000379. The molecule has 0 unspecified atom stereocenters. The highest BCUT2D eigenvalue weighted by Gasteiger charge is 2.45. The van der Waals surface area contributed by atoms with Crippen LogP contribution in [0.2, 0.25) is 0 Å². The lowest BCUT2D eigenvalue weighted by molar-refractivity contribution is -0.142. The maximum Gasteiger partial charge on any atom is 0.411 e. The number of Topliss-reactive ketones (excluding diaryl/α,β-unsaturated/α-hetero) is 1. The van der Waals surface area contributed by atoms with Crippen molar-refractivity contribution >= 4 is 297 Å². The fourth-order valence-electron chi connectivity index (χ4n) is 14.6. The van der Waals surface area contributed by atoms with Crippen LogP contribution in [-0.4, -0.2) is 225 Å². The van der Waals surface area contributed by atoms with Crippen molar-refractivity contribution in [3.05, 3.63) is 188 Å². The summed E-state index contributed by atoms with van der Waals surface area (Å²) in [4.78, 5) is 110. The van der Waals surface area contributed by atoms with Crippen molar-refractivity contribution < 1.29 is 122 Å². The molecule has 15 rings (SSSR count).